The molecule has 27 heavy (non-hydrogen) atoms. The summed E-state index contributed by atoms with van der Waals surface area (Å²) in [5.41, 5.74) is 0.665. The molecule has 0 radical (unpaired) electrons. The van der Waals surface area contributed by atoms with E-state index in [9.17, 15) is 19.5 Å². The highest BCUT2D eigenvalue weighted by molar-refractivity contribution is 6.51. The van der Waals surface area contributed by atoms with Crippen LogP contribution in [0.1, 0.15) is 15.9 Å². The number of benzene rings is 2. The molecule has 4 rings (SSSR count). The van der Waals surface area contributed by atoms with Crippen molar-refractivity contribution in [2.24, 2.45) is 0 Å². The minimum absolute atomic E-state index is 0.0159. The highest BCUT2D eigenvalue weighted by atomic mass is 16.3. The number of aromatic amines is 2. The lowest BCUT2D eigenvalue weighted by molar-refractivity contribution is -0.113. The normalized spacial score (nSPS) is 16.6. The van der Waals surface area contributed by atoms with Gasteiger partial charge < -0.3 is 10.0 Å². The van der Waals surface area contributed by atoms with E-state index in [1.165, 1.54) is 17.0 Å². The summed E-state index contributed by atoms with van der Waals surface area (Å²) in [6.45, 7) is 0. The number of nitrogens with one attached hydrogen (secondary N) is 2. The average molecular weight is 361 g/mol. The number of aromatic nitrogens is 2. The summed E-state index contributed by atoms with van der Waals surface area (Å²) in [6.07, 6.45) is 1.44. The topological polar surface area (TPSA) is 106 Å². The van der Waals surface area contributed by atoms with Crippen molar-refractivity contribution < 1.29 is 14.7 Å². The Hall–Kier alpha value is -3.87. The maximum absolute atomic E-state index is 13.0. The van der Waals surface area contributed by atoms with Crippen LogP contribution in [0, 0.1) is 0 Å². The molecule has 1 aliphatic heterocycles. The van der Waals surface area contributed by atoms with E-state index < -0.39 is 17.2 Å². The van der Waals surface area contributed by atoms with Gasteiger partial charge in [-0.25, -0.2) is 0 Å². The van der Waals surface area contributed by atoms with Crippen molar-refractivity contribution in [1.29, 1.82) is 0 Å². The van der Waals surface area contributed by atoms with Crippen molar-refractivity contribution in [2.45, 2.75) is 0 Å². The molecule has 0 unspecified atom stereocenters. The van der Waals surface area contributed by atoms with Crippen LogP contribution in [0.4, 0.5) is 5.69 Å². The Balaban J connectivity index is 2.07. The quantitative estimate of drug-likeness (QED) is 0.577. The van der Waals surface area contributed by atoms with Crippen LogP contribution in [-0.2, 0) is 4.79 Å². The van der Waals surface area contributed by atoms with Gasteiger partial charge in [-0.2, -0.15) is 0 Å². The standard InChI is InChI=1S/C20H15N3O4/c1-23-14-8-4-3-7-12(14)18(25)16(20(23)27)17-13(19(26)22-21-17)10-11-6-2-5-9-15(11)24/h2-10,21,24H,1H3,(H,22,26). The molecule has 2 heterocycles. The Morgan fingerprint density at radius 3 is 2.44 bits per heavy atom. The third-order valence-corrected chi connectivity index (χ3v) is 4.56. The van der Waals surface area contributed by atoms with Crippen LogP contribution in [0.5, 0.6) is 5.75 Å². The highest BCUT2D eigenvalue weighted by Crippen LogP contribution is 2.28. The molecule has 1 aliphatic rings. The number of phenols is 1. The molecule has 0 bridgehead atoms. The summed E-state index contributed by atoms with van der Waals surface area (Å²) < 4.78 is 0. The third kappa shape index (κ3) is 2.56. The summed E-state index contributed by atoms with van der Waals surface area (Å²) in [7, 11) is 1.57. The van der Waals surface area contributed by atoms with E-state index in [-0.39, 0.29) is 21.9 Å². The Morgan fingerprint density at radius 2 is 1.67 bits per heavy atom. The minimum atomic E-state index is -0.513. The van der Waals surface area contributed by atoms with Crippen LogP contribution in [0.2, 0.25) is 0 Å². The van der Waals surface area contributed by atoms with Crippen molar-refractivity contribution in [3.05, 3.63) is 80.6 Å². The molecule has 134 valence electrons. The number of amides is 1. The van der Waals surface area contributed by atoms with E-state index in [4.69, 9.17) is 0 Å². The van der Waals surface area contributed by atoms with Gasteiger partial charge in [0.1, 0.15) is 11.3 Å². The second kappa shape index (κ2) is 6.14. The number of carbonyl (C=O) groups excluding carboxylic acids is 2. The van der Waals surface area contributed by atoms with Crippen molar-refractivity contribution >= 4 is 29.0 Å². The average Bonchev–Trinajstić information content (AvgIpc) is 3.02. The van der Waals surface area contributed by atoms with Crippen LogP contribution in [0.15, 0.2) is 53.3 Å². The Bertz CT molecular complexity index is 1270. The summed E-state index contributed by atoms with van der Waals surface area (Å²) in [6, 6.07) is 13.3. The number of aromatic hydroxyl groups is 1. The molecule has 0 fully saturated rings. The number of ketones is 1. The zero-order valence-electron chi connectivity index (χ0n) is 14.3. The fraction of sp³-hybridized carbons (Fsp3) is 0.0500. The fourth-order valence-electron chi connectivity index (χ4n) is 3.15. The number of H-pyrrole nitrogens is 2. The molecule has 7 heteroatoms. The number of rotatable bonds is 1. The molecule has 0 spiro atoms. The first kappa shape index (κ1) is 16.6. The summed E-state index contributed by atoms with van der Waals surface area (Å²) in [5, 5.41) is 15.2. The number of anilines is 1. The van der Waals surface area contributed by atoms with E-state index in [1.54, 1.807) is 49.5 Å². The number of nitrogens with zero attached hydrogens (tertiary/aromatic N) is 1. The second-order valence-corrected chi connectivity index (χ2v) is 6.16. The van der Waals surface area contributed by atoms with Crippen LogP contribution >= 0.6 is 0 Å². The van der Waals surface area contributed by atoms with Crippen molar-refractivity contribution in [3.63, 3.8) is 0 Å². The number of hydrogen-bond acceptors (Lipinski definition) is 4. The fourth-order valence-corrected chi connectivity index (χ4v) is 3.15. The number of para-hydroxylation sites is 2. The Morgan fingerprint density at radius 1 is 0.963 bits per heavy atom. The van der Waals surface area contributed by atoms with Gasteiger partial charge >= 0.3 is 0 Å². The monoisotopic (exact) mass is 361 g/mol. The van der Waals surface area contributed by atoms with Gasteiger partial charge in [0.2, 0.25) is 5.78 Å². The van der Waals surface area contributed by atoms with Crippen molar-refractivity contribution in [2.75, 3.05) is 11.9 Å². The lowest BCUT2D eigenvalue weighted by Crippen LogP contribution is -2.44. The first-order valence-corrected chi connectivity index (χ1v) is 8.21. The molecule has 7 nitrogen and oxygen atoms in total. The van der Waals surface area contributed by atoms with Gasteiger partial charge in [-0.15, -0.1) is 0 Å². The zero-order valence-corrected chi connectivity index (χ0v) is 14.3. The summed E-state index contributed by atoms with van der Waals surface area (Å²) in [4.78, 5) is 39.5. The van der Waals surface area contributed by atoms with E-state index >= 15 is 0 Å². The Labute approximate surface area is 152 Å². The molecule has 1 amide bonds. The van der Waals surface area contributed by atoms with E-state index in [0.717, 1.165) is 0 Å². The molecule has 3 N–H and O–H groups in total. The van der Waals surface area contributed by atoms with Gasteiger partial charge in [-0.05, 0) is 24.3 Å². The molecule has 0 atom stereocenters. The number of fused-ring (bicyclic) bond motifs is 1. The van der Waals surface area contributed by atoms with Gasteiger partial charge in [0.15, 0.2) is 0 Å². The molecule has 3 aromatic rings. The minimum Gasteiger partial charge on any atom is -0.507 e. The van der Waals surface area contributed by atoms with Gasteiger partial charge in [-0.1, -0.05) is 30.3 Å². The van der Waals surface area contributed by atoms with Gasteiger partial charge in [-0.3, -0.25) is 24.6 Å². The number of Topliss-reactive ketones (excluding diaryl/α,β-unsaturated/α-hetero) is 1. The first-order valence-electron chi connectivity index (χ1n) is 8.21. The molecule has 1 aromatic heterocycles. The summed E-state index contributed by atoms with van der Waals surface area (Å²) >= 11 is 0. The van der Waals surface area contributed by atoms with E-state index in [2.05, 4.69) is 10.2 Å². The molecule has 0 saturated carbocycles. The number of carbonyl (C=O) groups is 2. The molecular formula is C20H15N3O4. The van der Waals surface area contributed by atoms with Crippen LogP contribution in [-0.4, -0.2) is 34.0 Å². The van der Waals surface area contributed by atoms with Gasteiger partial charge in [0.25, 0.3) is 11.5 Å². The SMILES string of the molecule is CN1C(=O)C(=c2[nH][nH]c(=O)c2=Cc2ccccc2O)C(=O)c2ccccc21. The maximum atomic E-state index is 13.0. The van der Waals surface area contributed by atoms with E-state index in [1.807, 2.05) is 0 Å². The lowest BCUT2D eigenvalue weighted by atomic mass is 9.95. The molecular weight excluding hydrogens is 346 g/mol. The zero-order chi connectivity index (χ0) is 19.1. The Kier molecular flexibility index (Phi) is 3.77. The molecule has 2 aromatic carbocycles. The van der Waals surface area contributed by atoms with Crippen LogP contribution in [0.25, 0.3) is 11.6 Å². The second-order valence-electron chi connectivity index (χ2n) is 6.16. The van der Waals surface area contributed by atoms with Crippen LogP contribution in [0.3, 0.4) is 0 Å². The van der Waals surface area contributed by atoms with E-state index in [0.29, 0.717) is 16.8 Å². The maximum Gasteiger partial charge on any atom is 0.271 e. The van der Waals surface area contributed by atoms with Crippen LogP contribution < -0.4 is 21.0 Å². The summed E-state index contributed by atoms with van der Waals surface area (Å²) in [5.74, 6) is -0.991. The molecule has 0 saturated heterocycles. The predicted molar refractivity (Wildman–Crippen MR) is 99.9 cm³/mol. The smallest absolute Gasteiger partial charge is 0.271 e. The van der Waals surface area contributed by atoms with Crippen molar-refractivity contribution in [1.82, 2.24) is 10.2 Å². The third-order valence-electron chi connectivity index (χ3n) is 4.56. The van der Waals surface area contributed by atoms with Gasteiger partial charge in [0.05, 0.1) is 16.3 Å². The number of phenolic OH excluding ortho intramolecular Hbond substituents is 1. The predicted octanol–water partition coefficient (Wildman–Crippen LogP) is 0.247. The number of hydrogen-bond donors (Lipinski definition) is 3. The van der Waals surface area contributed by atoms with Crippen molar-refractivity contribution in [3.8, 4) is 5.75 Å². The largest absolute Gasteiger partial charge is 0.507 e. The lowest BCUT2D eigenvalue weighted by Gasteiger charge is -2.25. The first-order chi connectivity index (χ1) is 13.0. The highest BCUT2D eigenvalue weighted by Gasteiger charge is 2.33. The molecule has 0 aliphatic carbocycles. The van der Waals surface area contributed by atoms with Gasteiger partial charge in [0, 0.05) is 18.2 Å².